The molecule has 0 fully saturated rings. The Labute approximate surface area is 268 Å². The van der Waals surface area contributed by atoms with E-state index in [0.717, 1.165) is 74.9 Å². The molecule has 2 unspecified atom stereocenters. The Bertz CT molecular complexity index is 1290. The predicted octanol–water partition coefficient (Wildman–Crippen LogP) is 9.97. The molecule has 8 nitrogen and oxygen atoms in total. The fourth-order valence-corrected chi connectivity index (χ4v) is 7.09. The lowest BCUT2D eigenvalue weighted by Gasteiger charge is -2.16. The van der Waals surface area contributed by atoms with E-state index in [1.807, 2.05) is 6.07 Å². The molecule has 0 amide bonds. The van der Waals surface area contributed by atoms with E-state index < -0.39 is 18.1 Å². The number of fused-ring (bicyclic) bond motifs is 1. The van der Waals surface area contributed by atoms with Crippen LogP contribution in [0.3, 0.4) is 0 Å². The van der Waals surface area contributed by atoms with Gasteiger partial charge in [0.05, 0.1) is 27.2 Å². The maximum atomic E-state index is 13.2. The number of unbranched alkanes of at least 4 members (excludes halogenated alkanes) is 2. The second-order valence-corrected chi connectivity index (χ2v) is 12.9. The number of Topliss-reactive ketones (excluding diaryl/α,β-unsaturated/α-hetero) is 1. The number of ketones is 1. The first-order valence-electron chi connectivity index (χ1n) is 15.3. The van der Waals surface area contributed by atoms with Crippen molar-refractivity contribution in [1.82, 2.24) is 0 Å². The minimum Gasteiger partial charge on any atom is -0.434 e. The van der Waals surface area contributed by atoms with Gasteiger partial charge in [0.25, 0.3) is 0 Å². The first kappa shape index (κ1) is 35.1. The highest BCUT2D eigenvalue weighted by Crippen LogP contribution is 2.59. The first-order chi connectivity index (χ1) is 21.3. The third-order valence-corrected chi connectivity index (χ3v) is 9.98. The Morgan fingerprint density at radius 1 is 0.750 bits per heavy atom. The average Bonchev–Trinajstić information content (AvgIpc) is 3.49. The van der Waals surface area contributed by atoms with Crippen LogP contribution < -0.4 is 9.47 Å². The van der Waals surface area contributed by atoms with Crippen molar-refractivity contribution in [2.45, 2.75) is 88.9 Å². The van der Waals surface area contributed by atoms with Crippen LogP contribution in [-0.4, -0.2) is 31.3 Å². The number of thioether (sulfide) groups is 2. The summed E-state index contributed by atoms with van der Waals surface area (Å²) >= 11 is 2.21. The number of carbonyl (C=O) groups is 3. The number of nitrogens with zero attached hydrogens (tertiary/aromatic N) is 1. The van der Waals surface area contributed by atoms with Gasteiger partial charge in [-0.05, 0) is 36.8 Å². The maximum Gasteiger partial charge on any atom is 0.513 e. The van der Waals surface area contributed by atoms with E-state index in [4.69, 9.17) is 18.9 Å². The largest absolute Gasteiger partial charge is 0.513 e. The van der Waals surface area contributed by atoms with Crippen molar-refractivity contribution in [1.29, 1.82) is 5.26 Å². The van der Waals surface area contributed by atoms with E-state index in [9.17, 15) is 19.6 Å². The van der Waals surface area contributed by atoms with Gasteiger partial charge in [-0.15, -0.1) is 0 Å². The van der Waals surface area contributed by atoms with Crippen molar-refractivity contribution in [3.05, 3.63) is 57.8 Å². The van der Waals surface area contributed by atoms with Crippen LogP contribution in [0, 0.1) is 23.2 Å². The quantitative estimate of drug-likeness (QED) is 0.0578. The molecular formula is C34H41NO7S2. The summed E-state index contributed by atoms with van der Waals surface area (Å²) in [6.45, 7) is 8.86. The number of rotatable bonds is 16. The van der Waals surface area contributed by atoms with Gasteiger partial charge < -0.3 is 18.9 Å². The van der Waals surface area contributed by atoms with Gasteiger partial charge in [-0.2, -0.15) is 5.26 Å². The molecule has 44 heavy (non-hydrogen) atoms. The fourth-order valence-electron chi connectivity index (χ4n) is 4.52. The number of carbonyl (C=O) groups excluding carboxylic acids is 3. The van der Waals surface area contributed by atoms with Crippen LogP contribution in [0.2, 0.25) is 0 Å². The first-order valence-corrected chi connectivity index (χ1v) is 16.9. The summed E-state index contributed by atoms with van der Waals surface area (Å²) in [5.41, 5.74) is 0.309. The van der Waals surface area contributed by atoms with Gasteiger partial charge in [-0.1, -0.05) is 120 Å². The lowest BCUT2D eigenvalue weighted by molar-refractivity contribution is 0.0777. The lowest BCUT2D eigenvalue weighted by atomic mass is 10.0. The van der Waals surface area contributed by atoms with Crippen molar-refractivity contribution in [2.24, 2.45) is 11.8 Å². The summed E-state index contributed by atoms with van der Waals surface area (Å²) in [5.74, 6) is 0.400. The zero-order valence-electron chi connectivity index (χ0n) is 25.9. The molecule has 1 aliphatic rings. The molecule has 0 saturated carbocycles. The van der Waals surface area contributed by atoms with Gasteiger partial charge in [0.2, 0.25) is 5.78 Å². The minimum absolute atomic E-state index is 0.0622. The van der Waals surface area contributed by atoms with Gasteiger partial charge >= 0.3 is 12.3 Å². The molecule has 3 rings (SSSR count). The lowest BCUT2D eigenvalue weighted by Crippen LogP contribution is -2.18. The van der Waals surface area contributed by atoms with Crippen LogP contribution in [0.4, 0.5) is 9.59 Å². The van der Waals surface area contributed by atoms with E-state index in [1.54, 1.807) is 30.3 Å². The molecule has 1 aliphatic heterocycles. The highest BCUT2D eigenvalue weighted by Gasteiger charge is 2.32. The zero-order valence-corrected chi connectivity index (χ0v) is 27.5. The van der Waals surface area contributed by atoms with Crippen molar-refractivity contribution in [2.75, 3.05) is 13.2 Å². The summed E-state index contributed by atoms with van der Waals surface area (Å²) in [6.07, 6.45) is 6.23. The number of hydrogen-bond donors (Lipinski definition) is 0. The molecule has 0 radical (unpaired) electrons. The molecular weight excluding hydrogens is 599 g/mol. The average molecular weight is 640 g/mol. The van der Waals surface area contributed by atoms with E-state index in [1.165, 1.54) is 12.1 Å². The van der Waals surface area contributed by atoms with Crippen LogP contribution in [-0.2, 0) is 9.47 Å². The van der Waals surface area contributed by atoms with E-state index >= 15 is 0 Å². The molecule has 0 N–H and O–H groups in total. The van der Waals surface area contributed by atoms with Crippen molar-refractivity contribution in [3.63, 3.8) is 0 Å². The molecule has 2 aromatic rings. The van der Waals surface area contributed by atoms with Gasteiger partial charge in [0.1, 0.15) is 23.1 Å². The highest BCUT2D eigenvalue weighted by molar-refractivity contribution is 8.24. The van der Waals surface area contributed by atoms with E-state index in [0.29, 0.717) is 19.6 Å². The van der Waals surface area contributed by atoms with E-state index in [2.05, 4.69) is 27.7 Å². The minimum atomic E-state index is -0.850. The van der Waals surface area contributed by atoms with Crippen LogP contribution in [0.25, 0.3) is 0 Å². The third-order valence-electron chi connectivity index (χ3n) is 7.36. The summed E-state index contributed by atoms with van der Waals surface area (Å²) in [5, 5.41) is 9.97. The van der Waals surface area contributed by atoms with E-state index in [-0.39, 0.29) is 42.1 Å². The Kier molecular flexibility index (Phi) is 14.7. The molecule has 2 atom stereocenters. The molecule has 0 saturated heterocycles. The Balaban J connectivity index is 1.85. The summed E-state index contributed by atoms with van der Waals surface area (Å²) < 4.78 is 22.4. The second kappa shape index (κ2) is 18.4. The topological polar surface area (TPSA) is 112 Å². The zero-order chi connectivity index (χ0) is 31.9. The number of hydrogen-bond acceptors (Lipinski definition) is 10. The van der Waals surface area contributed by atoms with Gasteiger partial charge in [-0.25, -0.2) is 9.59 Å². The Hall–Kier alpha value is -3.42. The van der Waals surface area contributed by atoms with Gasteiger partial charge in [-0.3, -0.25) is 4.79 Å². The van der Waals surface area contributed by atoms with Crippen LogP contribution in [0.15, 0.2) is 62.1 Å². The van der Waals surface area contributed by atoms with Crippen LogP contribution in [0.1, 0.15) is 89.4 Å². The van der Waals surface area contributed by atoms with Gasteiger partial charge in [0.15, 0.2) is 0 Å². The van der Waals surface area contributed by atoms with Crippen molar-refractivity contribution < 1.29 is 33.3 Å². The molecule has 2 aromatic carbocycles. The summed E-state index contributed by atoms with van der Waals surface area (Å²) in [4.78, 5) is 39.5. The second-order valence-electron chi connectivity index (χ2n) is 10.6. The smallest absolute Gasteiger partial charge is 0.434 e. The molecule has 10 heteroatoms. The Morgan fingerprint density at radius 2 is 1.23 bits per heavy atom. The number of allylic oxidation sites excluding steroid dienone is 1. The van der Waals surface area contributed by atoms with Crippen molar-refractivity contribution in [3.8, 4) is 17.6 Å². The molecule has 0 spiro atoms. The van der Waals surface area contributed by atoms with Crippen molar-refractivity contribution >= 4 is 41.6 Å². The number of nitriles is 1. The number of benzene rings is 2. The SMILES string of the molecule is CCCCC(CC)COC(=O)Oc1ccc(OC(=O)OCC(CC)CCCC)c2c1SC(=C(C#N)C(=O)c1ccccc1)S2. The highest BCUT2D eigenvalue weighted by atomic mass is 32.2. The standard InChI is InChI=1S/C34H41NO7S2/c1-5-9-14-23(7-3)21-39-33(37)41-27-18-19-28(42-34(38)40-22-24(8-4)15-10-6-2)31-30(27)43-32(44-31)26(20-35)29(36)25-16-12-11-13-17-25/h11-13,16-19,23-24H,5-10,14-15,21-22H2,1-4H3. The maximum absolute atomic E-state index is 13.2. The molecule has 236 valence electrons. The van der Waals surface area contributed by atoms with Gasteiger partial charge in [0, 0.05) is 5.56 Å². The normalized spacial score (nSPS) is 13.3. The predicted molar refractivity (Wildman–Crippen MR) is 172 cm³/mol. The number of ether oxygens (including phenoxy) is 4. The van der Waals surface area contributed by atoms with Crippen LogP contribution >= 0.6 is 23.5 Å². The van der Waals surface area contributed by atoms with Crippen LogP contribution in [0.5, 0.6) is 11.5 Å². The molecule has 1 heterocycles. The third kappa shape index (κ3) is 10.1. The summed E-state index contributed by atoms with van der Waals surface area (Å²) in [7, 11) is 0. The molecule has 0 aliphatic carbocycles. The molecule has 0 bridgehead atoms. The molecule has 0 aromatic heterocycles. The Morgan fingerprint density at radius 3 is 1.64 bits per heavy atom. The monoisotopic (exact) mass is 639 g/mol. The fraction of sp³-hybridized carbons (Fsp3) is 0.471. The summed E-state index contributed by atoms with van der Waals surface area (Å²) in [6, 6.07) is 13.6.